The Morgan fingerprint density at radius 3 is 2.56 bits per heavy atom. The molecule has 0 bridgehead atoms. The fraction of sp³-hybridized carbons (Fsp3) is 0.571. The van der Waals surface area contributed by atoms with E-state index in [1.165, 1.54) is 5.56 Å². The van der Waals surface area contributed by atoms with E-state index in [4.69, 9.17) is 5.73 Å². The number of pyridine rings is 1. The Labute approximate surface area is 109 Å². The molecule has 1 rings (SSSR count). The Morgan fingerprint density at radius 1 is 1.33 bits per heavy atom. The summed E-state index contributed by atoms with van der Waals surface area (Å²) >= 11 is 0. The van der Waals surface area contributed by atoms with Crippen LogP contribution in [0.4, 0.5) is 5.82 Å². The van der Waals surface area contributed by atoms with Gasteiger partial charge >= 0.3 is 0 Å². The van der Waals surface area contributed by atoms with Crippen LogP contribution >= 0.6 is 0 Å². The van der Waals surface area contributed by atoms with Crippen molar-refractivity contribution in [2.75, 3.05) is 11.9 Å². The van der Waals surface area contributed by atoms with Gasteiger partial charge in [0.25, 0.3) is 0 Å². The number of hydrogen-bond acceptors (Lipinski definition) is 3. The standard InChI is InChI=1S/C14H23N3O/c1-14(2,3)11-7-8-13(17-10-11)16-9-5-4-6-12(15)18/h7-8,10H,4-6,9H2,1-3H3,(H2,15,18)(H,16,17). The summed E-state index contributed by atoms with van der Waals surface area (Å²) in [7, 11) is 0. The van der Waals surface area contributed by atoms with Gasteiger partial charge in [0.1, 0.15) is 5.82 Å². The Morgan fingerprint density at radius 2 is 2.06 bits per heavy atom. The number of carbonyl (C=O) groups is 1. The fourth-order valence-electron chi connectivity index (χ4n) is 1.58. The summed E-state index contributed by atoms with van der Waals surface area (Å²) in [6.45, 7) is 7.32. The van der Waals surface area contributed by atoms with Crippen molar-refractivity contribution in [2.24, 2.45) is 5.73 Å². The number of unbranched alkanes of at least 4 members (excludes halogenated alkanes) is 1. The molecule has 1 aromatic heterocycles. The van der Waals surface area contributed by atoms with Crippen molar-refractivity contribution in [1.29, 1.82) is 0 Å². The van der Waals surface area contributed by atoms with Gasteiger partial charge in [-0.25, -0.2) is 4.98 Å². The van der Waals surface area contributed by atoms with Crippen molar-refractivity contribution in [3.05, 3.63) is 23.9 Å². The third kappa shape index (κ3) is 5.17. The minimum absolute atomic E-state index is 0.132. The minimum atomic E-state index is -0.234. The Balaban J connectivity index is 2.33. The molecule has 3 N–H and O–H groups in total. The summed E-state index contributed by atoms with van der Waals surface area (Å²) in [6.07, 6.45) is 4.11. The number of nitrogens with zero attached hydrogens (tertiary/aromatic N) is 1. The smallest absolute Gasteiger partial charge is 0.217 e. The van der Waals surface area contributed by atoms with Gasteiger partial charge < -0.3 is 11.1 Å². The lowest BCUT2D eigenvalue weighted by Crippen LogP contribution is -2.12. The van der Waals surface area contributed by atoms with Gasteiger partial charge in [0.15, 0.2) is 0 Å². The quantitative estimate of drug-likeness (QED) is 0.761. The van der Waals surface area contributed by atoms with E-state index in [0.29, 0.717) is 6.42 Å². The first-order valence-corrected chi connectivity index (χ1v) is 6.38. The van der Waals surface area contributed by atoms with E-state index < -0.39 is 0 Å². The number of primary amides is 1. The number of nitrogens with two attached hydrogens (primary N) is 1. The monoisotopic (exact) mass is 249 g/mol. The molecule has 4 nitrogen and oxygen atoms in total. The lowest BCUT2D eigenvalue weighted by atomic mass is 9.88. The highest BCUT2D eigenvalue weighted by atomic mass is 16.1. The first kappa shape index (κ1) is 14.5. The molecule has 100 valence electrons. The predicted molar refractivity (Wildman–Crippen MR) is 74.5 cm³/mol. The van der Waals surface area contributed by atoms with E-state index in [-0.39, 0.29) is 11.3 Å². The summed E-state index contributed by atoms with van der Waals surface area (Å²) < 4.78 is 0. The molecule has 1 amide bonds. The number of anilines is 1. The maximum atomic E-state index is 10.6. The normalized spacial score (nSPS) is 11.3. The minimum Gasteiger partial charge on any atom is -0.370 e. The van der Waals surface area contributed by atoms with E-state index in [2.05, 4.69) is 37.1 Å². The summed E-state index contributed by atoms with van der Waals surface area (Å²) in [5, 5.41) is 3.23. The molecule has 0 aromatic carbocycles. The van der Waals surface area contributed by atoms with E-state index in [9.17, 15) is 4.79 Å². The third-order valence-corrected chi connectivity index (χ3v) is 2.79. The molecule has 0 aliphatic heterocycles. The van der Waals surface area contributed by atoms with E-state index in [1.807, 2.05) is 12.3 Å². The summed E-state index contributed by atoms with van der Waals surface area (Å²) in [5.41, 5.74) is 6.43. The second-order valence-electron chi connectivity index (χ2n) is 5.53. The molecule has 18 heavy (non-hydrogen) atoms. The van der Waals surface area contributed by atoms with Gasteiger partial charge in [-0.15, -0.1) is 0 Å². The lowest BCUT2D eigenvalue weighted by molar-refractivity contribution is -0.118. The Hall–Kier alpha value is -1.58. The first-order chi connectivity index (χ1) is 8.39. The van der Waals surface area contributed by atoms with Gasteiger partial charge in [-0.1, -0.05) is 26.8 Å². The van der Waals surface area contributed by atoms with Gasteiger partial charge in [0.05, 0.1) is 0 Å². The maximum absolute atomic E-state index is 10.6. The molecule has 0 atom stereocenters. The highest BCUT2D eigenvalue weighted by Crippen LogP contribution is 2.21. The zero-order valence-electron chi connectivity index (χ0n) is 11.5. The van der Waals surface area contributed by atoms with Crippen LogP contribution in [0.25, 0.3) is 0 Å². The number of aromatic nitrogens is 1. The molecule has 0 saturated carbocycles. The molecule has 0 fully saturated rings. The molecule has 1 heterocycles. The van der Waals surface area contributed by atoms with Crippen LogP contribution in [-0.2, 0) is 10.2 Å². The second-order valence-corrected chi connectivity index (χ2v) is 5.53. The highest BCUT2D eigenvalue weighted by molar-refractivity contribution is 5.73. The average molecular weight is 249 g/mol. The van der Waals surface area contributed by atoms with Crippen LogP contribution in [-0.4, -0.2) is 17.4 Å². The Kier molecular flexibility index (Phi) is 5.13. The molecule has 4 heteroatoms. The van der Waals surface area contributed by atoms with E-state index in [1.54, 1.807) is 0 Å². The van der Waals surface area contributed by atoms with Gasteiger partial charge in [0.2, 0.25) is 5.91 Å². The van der Waals surface area contributed by atoms with Gasteiger partial charge in [-0.05, 0) is 29.9 Å². The van der Waals surface area contributed by atoms with Crippen molar-refractivity contribution in [1.82, 2.24) is 4.98 Å². The van der Waals surface area contributed by atoms with Crippen LogP contribution in [0, 0.1) is 0 Å². The summed E-state index contributed by atoms with van der Waals surface area (Å²) in [4.78, 5) is 14.9. The van der Waals surface area contributed by atoms with E-state index >= 15 is 0 Å². The molecule has 0 radical (unpaired) electrons. The van der Waals surface area contributed by atoms with Crippen molar-refractivity contribution >= 4 is 11.7 Å². The van der Waals surface area contributed by atoms with Crippen LogP contribution in [0.1, 0.15) is 45.6 Å². The molecule has 0 saturated heterocycles. The van der Waals surface area contributed by atoms with Gasteiger partial charge in [0, 0.05) is 19.2 Å². The van der Waals surface area contributed by atoms with Crippen molar-refractivity contribution in [3.63, 3.8) is 0 Å². The molecule has 0 aliphatic carbocycles. The topological polar surface area (TPSA) is 68.0 Å². The fourth-order valence-corrected chi connectivity index (χ4v) is 1.58. The number of nitrogens with one attached hydrogen (secondary N) is 1. The first-order valence-electron chi connectivity index (χ1n) is 6.38. The number of hydrogen-bond donors (Lipinski definition) is 2. The SMILES string of the molecule is CC(C)(C)c1ccc(NCCCCC(N)=O)nc1. The van der Waals surface area contributed by atoms with Crippen LogP contribution < -0.4 is 11.1 Å². The van der Waals surface area contributed by atoms with E-state index in [0.717, 1.165) is 25.2 Å². The predicted octanol–water partition coefficient (Wildman–Crippen LogP) is 2.45. The van der Waals surface area contributed by atoms with Crippen LogP contribution in [0.3, 0.4) is 0 Å². The largest absolute Gasteiger partial charge is 0.370 e. The Bertz CT molecular complexity index is 379. The third-order valence-electron chi connectivity index (χ3n) is 2.79. The number of rotatable bonds is 6. The van der Waals surface area contributed by atoms with Crippen LogP contribution in [0.5, 0.6) is 0 Å². The zero-order valence-corrected chi connectivity index (χ0v) is 11.5. The summed E-state index contributed by atoms with van der Waals surface area (Å²) in [6, 6.07) is 4.09. The zero-order chi connectivity index (χ0) is 13.6. The number of carbonyl (C=O) groups excluding carboxylic acids is 1. The summed E-state index contributed by atoms with van der Waals surface area (Å²) in [5.74, 6) is 0.643. The molecule has 0 unspecified atom stereocenters. The molecule has 0 spiro atoms. The maximum Gasteiger partial charge on any atom is 0.217 e. The molecule has 0 aliphatic rings. The molecular formula is C14H23N3O. The van der Waals surface area contributed by atoms with Crippen molar-refractivity contribution < 1.29 is 4.79 Å². The average Bonchev–Trinajstić information content (AvgIpc) is 2.27. The molecule has 1 aromatic rings. The second kappa shape index (κ2) is 6.38. The van der Waals surface area contributed by atoms with Crippen LogP contribution in [0.15, 0.2) is 18.3 Å². The lowest BCUT2D eigenvalue weighted by Gasteiger charge is -2.18. The van der Waals surface area contributed by atoms with Crippen molar-refractivity contribution in [2.45, 2.75) is 45.4 Å². The van der Waals surface area contributed by atoms with Gasteiger partial charge in [-0.3, -0.25) is 4.79 Å². The van der Waals surface area contributed by atoms with Crippen LogP contribution in [0.2, 0.25) is 0 Å². The highest BCUT2D eigenvalue weighted by Gasteiger charge is 2.13. The number of amides is 1. The van der Waals surface area contributed by atoms with Crippen molar-refractivity contribution in [3.8, 4) is 0 Å². The van der Waals surface area contributed by atoms with Gasteiger partial charge in [-0.2, -0.15) is 0 Å². The molecular weight excluding hydrogens is 226 g/mol.